The summed E-state index contributed by atoms with van der Waals surface area (Å²) in [5, 5.41) is 7.38. The van der Waals surface area contributed by atoms with Gasteiger partial charge in [-0.2, -0.15) is 4.98 Å². The highest BCUT2D eigenvalue weighted by Gasteiger charge is 2.62. The maximum atomic E-state index is 14.0. The first-order valence-corrected chi connectivity index (χ1v) is 15.9. The van der Waals surface area contributed by atoms with E-state index in [0.717, 1.165) is 24.0 Å². The Kier molecular flexibility index (Phi) is 8.84. The summed E-state index contributed by atoms with van der Waals surface area (Å²) >= 11 is 1.42. The van der Waals surface area contributed by atoms with Crippen LogP contribution in [0.25, 0.3) is 21.7 Å². The van der Waals surface area contributed by atoms with Crippen LogP contribution < -0.4 is 15.4 Å². The van der Waals surface area contributed by atoms with Crippen LogP contribution in [0, 0.1) is 5.92 Å². The van der Waals surface area contributed by atoms with E-state index in [9.17, 15) is 19.2 Å². The number of pyridine rings is 1. The van der Waals surface area contributed by atoms with Gasteiger partial charge in [-0.05, 0) is 49.3 Å². The Labute approximate surface area is 265 Å². The predicted octanol–water partition coefficient (Wildman–Crippen LogP) is 2.92. The Bertz CT molecular complexity index is 1630. The smallest absolute Gasteiger partial charge is 0.332 e. The number of thiophene rings is 1. The maximum absolute atomic E-state index is 14.0. The van der Waals surface area contributed by atoms with Gasteiger partial charge in [0.05, 0.1) is 19.2 Å². The zero-order valence-corrected chi connectivity index (χ0v) is 25.6. The lowest BCUT2D eigenvalue weighted by molar-refractivity contribution is -0.148. The quantitative estimate of drug-likeness (QED) is 0.247. The molecule has 3 aliphatic rings. The molecule has 12 nitrogen and oxygen atoms in total. The largest absolute Gasteiger partial charge is 0.471 e. The number of esters is 1. The number of rotatable bonds is 5. The first-order chi connectivity index (χ1) is 21.8. The Morgan fingerprint density at radius 3 is 2.82 bits per heavy atom. The number of allylic oxidation sites excluding steroid dienone is 1. The molecule has 0 bridgehead atoms. The fraction of sp³-hybridized carbons (Fsp3) is 0.452. The number of carbonyl (C=O) groups excluding carboxylic acids is 4. The van der Waals surface area contributed by atoms with E-state index in [0.29, 0.717) is 42.2 Å². The molecule has 1 saturated carbocycles. The van der Waals surface area contributed by atoms with Crippen LogP contribution in [-0.2, 0) is 19.1 Å². The second-order valence-electron chi connectivity index (χ2n) is 11.6. The lowest BCUT2D eigenvalue weighted by Crippen LogP contribution is -2.56. The number of fused-ring (bicyclic) bond motifs is 3. The molecule has 45 heavy (non-hydrogen) atoms. The highest BCUT2D eigenvalue weighted by atomic mass is 32.1. The molecule has 2 N–H and O–H groups in total. The summed E-state index contributed by atoms with van der Waals surface area (Å²) in [7, 11) is 6.74. The van der Waals surface area contributed by atoms with Gasteiger partial charge in [-0.3, -0.25) is 19.4 Å². The molecular weight excluding hydrogens is 595 g/mol. The maximum Gasteiger partial charge on any atom is 0.332 e. The number of carbonyl (C=O) groups is 4. The normalized spacial score (nSPS) is 27.7. The van der Waals surface area contributed by atoms with Crippen LogP contribution in [0.2, 0.25) is 0 Å². The van der Waals surface area contributed by atoms with Gasteiger partial charge in [0.15, 0.2) is 11.6 Å². The van der Waals surface area contributed by atoms with Crippen molar-refractivity contribution in [1.82, 2.24) is 30.5 Å². The van der Waals surface area contributed by atoms with Crippen LogP contribution in [0.1, 0.15) is 44.9 Å². The molecule has 3 aromatic heterocycles. The molecule has 6 rings (SSSR count). The number of hydrogen-bond acceptors (Lipinski definition) is 10. The Balaban J connectivity index is 1.32. The van der Waals surface area contributed by atoms with E-state index in [1.165, 1.54) is 23.3 Å². The van der Waals surface area contributed by atoms with Gasteiger partial charge in [0.25, 0.3) is 0 Å². The van der Waals surface area contributed by atoms with Gasteiger partial charge in [0.1, 0.15) is 34.1 Å². The van der Waals surface area contributed by atoms with Crippen LogP contribution in [0.15, 0.2) is 48.0 Å². The fourth-order valence-corrected chi connectivity index (χ4v) is 6.93. The number of aromatic nitrogens is 3. The third-order valence-corrected chi connectivity index (χ3v) is 9.44. The SMILES string of the molecule is [B]C(=O)N[C@H]1CCCCC/C=C\[C@@H]2C[C@@]2(C(=O)OC)NC(=O)[C@@H]2C[C@@H](Oc3nc(-c4ccccn4)nc4ccsc34)CN2C1=O. The number of ether oxygens (including phenoxy) is 2. The van der Waals surface area contributed by atoms with E-state index in [1.54, 1.807) is 18.3 Å². The van der Waals surface area contributed by atoms with Crippen molar-refractivity contribution in [3.63, 3.8) is 0 Å². The average molecular weight is 629 g/mol. The van der Waals surface area contributed by atoms with Gasteiger partial charge in [-0.25, -0.2) is 9.78 Å². The molecule has 2 radical (unpaired) electrons. The summed E-state index contributed by atoms with van der Waals surface area (Å²) in [4.78, 5) is 67.8. The first kappa shape index (κ1) is 30.7. The van der Waals surface area contributed by atoms with E-state index in [-0.39, 0.29) is 18.9 Å². The summed E-state index contributed by atoms with van der Waals surface area (Å²) in [5.74, 6) is -1.80. The van der Waals surface area contributed by atoms with Gasteiger partial charge in [-0.1, -0.05) is 31.1 Å². The van der Waals surface area contributed by atoms with Crippen LogP contribution >= 0.6 is 11.3 Å². The molecule has 2 aliphatic heterocycles. The number of nitrogens with one attached hydrogen (secondary N) is 2. The fourth-order valence-electron chi connectivity index (χ4n) is 6.17. The molecule has 0 unspecified atom stereocenters. The molecule has 2 fully saturated rings. The van der Waals surface area contributed by atoms with E-state index in [1.807, 2.05) is 29.7 Å². The zero-order valence-electron chi connectivity index (χ0n) is 24.8. The topological polar surface area (TPSA) is 153 Å². The van der Waals surface area contributed by atoms with Gasteiger partial charge < -0.3 is 25.0 Å². The minimum absolute atomic E-state index is 0.0538. The number of amides is 3. The summed E-state index contributed by atoms with van der Waals surface area (Å²) in [6.07, 6.45) is 9.08. The second kappa shape index (κ2) is 13.0. The third kappa shape index (κ3) is 6.42. The predicted molar refractivity (Wildman–Crippen MR) is 166 cm³/mol. The van der Waals surface area contributed by atoms with E-state index >= 15 is 0 Å². The van der Waals surface area contributed by atoms with Gasteiger partial charge in [0.2, 0.25) is 25.5 Å². The molecule has 5 heterocycles. The third-order valence-electron chi connectivity index (χ3n) is 8.55. The lowest BCUT2D eigenvalue weighted by Gasteiger charge is -2.29. The van der Waals surface area contributed by atoms with Gasteiger partial charge in [-0.15, -0.1) is 11.3 Å². The monoisotopic (exact) mass is 628 g/mol. The van der Waals surface area contributed by atoms with Crippen LogP contribution in [0.5, 0.6) is 5.88 Å². The van der Waals surface area contributed by atoms with Crippen molar-refractivity contribution in [3.05, 3.63) is 48.0 Å². The van der Waals surface area contributed by atoms with Crippen LogP contribution in [0.4, 0.5) is 4.79 Å². The molecule has 5 atom stereocenters. The van der Waals surface area contributed by atoms with Gasteiger partial charge >= 0.3 is 5.97 Å². The molecule has 0 spiro atoms. The summed E-state index contributed by atoms with van der Waals surface area (Å²) in [6.45, 7) is 0.0538. The minimum atomic E-state index is -1.20. The van der Waals surface area contributed by atoms with Gasteiger partial charge in [0, 0.05) is 18.5 Å². The average Bonchev–Trinajstić information content (AvgIpc) is 3.32. The molecule has 3 amide bonds. The molecule has 14 heteroatoms. The van der Waals surface area contributed by atoms with Crippen molar-refractivity contribution in [2.75, 3.05) is 13.7 Å². The highest BCUT2D eigenvalue weighted by molar-refractivity contribution is 7.17. The van der Waals surface area contributed by atoms with E-state index in [2.05, 4.69) is 25.6 Å². The van der Waals surface area contributed by atoms with E-state index < -0.39 is 47.3 Å². The molecule has 1 aliphatic carbocycles. The summed E-state index contributed by atoms with van der Waals surface area (Å²) in [6, 6.07) is 5.41. The number of hydrogen-bond donors (Lipinski definition) is 2. The lowest BCUT2D eigenvalue weighted by atomic mass is 10.0. The van der Waals surface area contributed by atoms with Crippen molar-refractivity contribution in [3.8, 4) is 17.4 Å². The van der Waals surface area contributed by atoms with Crippen molar-refractivity contribution in [2.24, 2.45) is 5.92 Å². The van der Waals surface area contributed by atoms with Crippen molar-refractivity contribution < 1.29 is 28.7 Å². The molecule has 3 aromatic rings. The number of nitrogens with zero attached hydrogens (tertiary/aromatic N) is 4. The molecule has 0 aromatic carbocycles. The summed E-state index contributed by atoms with van der Waals surface area (Å²) < 4.78 is 12.2. The van der Waals surface area contributed by atoms with Crippen LogP contribution in [-0.4, -0.2) is 88.7 Å². The Morgan fingerprint density at radius 1 is 1.18 bits per heavy atom. The second-order valence-corrected chi connectivity index (χ2v) is 12.5. The van der Waals surface area contributed by atoms with Crippen molar-refractivity contribution in [2.45, 2.75) is 68.7 Å². The highest BCUT2D eigenvalue weighted by Crippen LogP contribution is 2.46. The Morgan fingerprint density at radius 2 is 2.04 bits per heavy atom. The van der Waals surface area contributed by atoms with Crippen molar-refractivity contribution in [1.29, 1.82) is 0 Å². The zero-order chi connectivity index (χ0) is 31.6. The van der Waals surface area contributed by atoms with Crippen molar-refractivity contribution >= 4 is 53.0 Å². The minimum Gasteiger partial charge on any atom is -0.471 e. The first-order valence-electron chi connectivity index (χ1n) is 15.1. The molecule has 232 valence electrons. The van der Waals surface area contributed by atoms with E-state index in [4.69, 9.17) is 17.3 Å². The number of methoxy groups -OCH3 is 1. The molecular formula is C31H33BN6O6S. The Hall–Kier alpha value is -4.33. The van der Waals surface area contributed by atoms with Crippen LogP contribution in [0.3, 0.4) is 0 Å². The standard InChI is InChI=1S/C31H33BN6O6S/c1-43-29(41)31-16-18(31)9-5-3-2-4-6-11-22(35-30(32)42)28(40)38-17-19(15-23(38)26(39)37-31)44-27-24-20(12-14-45-24)34-25(36-27)21-10-7-8-13-33-21/h5,7-10,12-14,18-19,22-23H,2-4,6,11,15-17H2,1H3,(H,35,42)(H,37,39)/b9-5-/t18-,19-,22+,23+,31-/m1/s1. The molecule has 1 saturated heterocycles. The summed E-state index contributed by atoms with van der Waals surface area (Å²) in [5.41, 5.74) is 0.0607.